The Balaban J connectivity index is 1.62. The Labute approximate surface area is 214 Å². The summed E-state index contributed by atoms with van der Waals surface area (Å²) in [5.74, 6) is -1.80. The number of anilines is 1. The lowest BCUT2D eigenvalue weighted by molar-refractivity contribution is -0.0556. The highest BCUT2D eigenvalue weighted by atomic mass is 19.3. The molecule has 3 aromatic rings. The zero-order valence-corrected chi connectivity index (χ0v) is 21.3. The lowest BCUT2D eigenvalue weighted by Crippen LogP contribution is -2.53. The van der Waals surface area contributed by atoms with Gasteiger partial charge in [-0.3, -0.25) is 0 Å². The fraction of sp³-hybridized carbons (Fsp3) is 0.423. The second-order valence-corrected chi connectivity index (χ2v) is 9.23. The third-order valence-corrected chi connectivity index (χ3v) is 6.36. The average Bonchev–Trinajstić information content (AvgIpc) is 2.87. The highest BCUT2D eigenvalue weighted by Crippen LogP contribution is 2.35. The molecule has 1 unspecified atom stereocenters. The van der Waals surface area contributed by atoms with Crippen molar-refractivity contribution in [2.75, 3.05) is 45.7 Å². The van der Waals surface area contributed by atoms with Gasteiger partial charge in [0.25, 0.3) is 5.92 Å². The van der Waals surface area contributed by atoms with E-state index in [0.29, 0.717) is 40.4 Å². The first-order valence-electron chi connectivity index (χ1n) is 12.0. The lowest BCUT2D eigenvalue weighted by atomic mass is 10.1. The highest BCUT2D eigenvalue weighted by Gasteiger charge is 2.30. The van der Waals surface area contributed by atoms with Gasteiger partial charge in [0.15, 0.2) is 11.5 Å². The van der Waals surface area contributed by atoms with Crippen LogP contribution in [-0.4, -0.2) is 77.4 Å². The molecule has 0 radical (unpaired) electrons. The van der Waals surface area contributed by atoms with Gasteiger partial charge in [-0.25, -0.2) is 14.8 Å². The molecule has 1 atom stereocenters. The first-order chi connectivity index (χ1) is 17.6. The lowest BCUT2D eigenvalue weighted by Gasteiger charge is -2.37. The normalized spacial score (nSPS) is 16.6. The molecule has 1 aliphatic rings. The molecule has 0 bridgehead atoms. The number of amides is 1. The number of benzene rings is 2. The zero-order valence-electron chi connectivity index (χ0n) is 21.3. The minimum atomic E-state index is -3.33. The number of methoxy groups -OCH3 is 1. The van der Waals surface area contributed by atoms with Crippen LogP contribution >= 0.6 is 0 Å². The van der Waals surface area contributed by atoms with Crippen molar-refractivity contribution in [1.82, 2.24) is 19.8 Å². The van der Waals surface area contributed by atoms with E-state index in [4.69, 9.17) is 14.6 Å². The summed E-state index contributed by atoms with van der Waals surface area (Å²) < 4.78 is 39.1. The number of piperazine rings is 1. The van der Waals surface area contributed by atoms with Crippen LogP contribution in [0.4, 0.5) is 19.4 Å². The number of carbonyl (C=O) groups excluding carboxylic acids is 1. The Morgan fingerprint density at radius 1 is 1.22 bits per heavy atom. The van der Waals surface area contributed by atoms with E-state index in [0.717, 1.165) is 13.1 Å². The zero-order chi connectivity index (χ0) is 26.7. The highest BCUT2D eigenvalue weighted by molar-refractivity contribution is 5.92. The average molecular weight is 516 g/mol. The van der Waals surface area contributed by atoms with Gasteiger partial charge in [0.05, 0.1) is 12.6 Å². The van der Waals surface area contributed by atoms with Crippen molar-refractivity contribution < 1.29 is 28.2 Å². The number of carbonyl (C=O) groups is 1. The van der Waals surface area contributed by atoms with Gasteiger partial charge < -0.3 is 29.7 Å². The maximum atomic E-state index is 13.9. The van der Waals surface area contributed by atoms with E-state index in [1.54, 1.807) is 30.0 Å². The smallest absolute Gasteiger partial charge is 0.415 e. The standard InChI is InChI=1S/C26H31F2N5O4/c1-16-14-32(3)8-9-33(16)25(35)37-23-11-20-21(12-22(23)36-4)30-17(2)31-24(20)29-13-18-6-5-7-19(10-18)26(27,28)15-34/h5-7,10-12,16,34H,8-9,13-15H2,1-4H3,(H,29,30,31). The molecular weight excluding hydrogens is 484 g/mol. The van der Waals surface area contributed by atoms with E-state index < -0.39 is 18.6 Å². The van der Waals surface area contributed by atoms with Crippen molar-refractivity contribution in [3.05, 3.63) is 53.3 Å². The molecule has 1 saturated heterocycles. The molecule has 1 aliphatic heterocycles. The number of aliphatic hydroxyl groups is 1. The number of ether oxygens (including phenoxy) is 2. The molecular formula is C26H31F2N5O4. The monoisotopic (exact) mass is 515 g/mol. The van der Waals surface area contributed by atoms with E-state index in [2.05, 4.69) is 20.2 Å². The number of hydrogen-bond donors (Lipinski definition) is 2. The second-order valence-electron chi connectivity index (χ2n) is 9.23. The molecule has 0 saturated carbocycles. The van der Waals surface area contributed by atoms with Gasteiger partial charge in [-0.2, -0.15) is 8.78 Å². The number of alkyl halides is 2. The van der Waals surface area contributed by atoms with E-state index >= 15 is 0 Å². The summed E-state index contributed by atoms with van der Waals surface area (Å²) in [7, 11) is 3.50. The molecule has 37 heavy (non-hydrogen) atoms. The Morgan fingerprint density at radius 3 is 2.70 bits per heavy atom. The van der Waals surface area contributed by atoms with Crippen LogP contribution in [0, 0.1) is 6.92 Å². The van der Waals surface area contributed by atoms with Gasteiger partial charge in [-0.15, -0.1) is 0 Å². The van der Waals surface area contributed by atoms with Gasteiger partial charge in [-0.1, -0.05) is 18.2 Å². The predicted molar refractivity (Wildman–Crippen MR) is 135 cm³/mol. The molecule has 1 amide bonds. The number of likely N-dealkylation sites (N-methyl/N-ethyl adjacent to an activating group) is 1. The van der Waals surface area contributed by atoms with Crippen molar-refractivity contribution in [2.45, 2.75) is 32.4 Å². The van der Waals surface area contributed by atoms with E-state index in [9.17, 15) is 13.6 Å². The van der Waals surface area contributed by atoms with Crippen molar-refractivity contribution in [2.24, 2.45) is 0 Å². The summed E-state index contributed by atoms with van der Waals surface area (Å²) in [4.78, 5) is 25.8. The maximum absolute atomic E-state index is 13.9. The van der Waals surface area contributed by atoms with E-state index in [1.165, 1.54) is 25.3 Å². The van der Waals surface area contributed by atoms with Crippen molar-refractivity contribution in [3.63, 3.8) is 0 Å². The SMILES string of the molecule is COc1cc2nc(C)nc(NCc3cccc(C(F)(F)CO)c3)c2cc1OC(=O)N1CCN(C)CC1C. The third-order valence-electron chi connectivity index (χ3n) is 6.36. The second kappa shape index (κ2) is 10.8. The topological polar surface area (TPSA) is 100 Å². The van der Waals surface area contributed by atoms with Crippen LogP contribution in [0.5, 0.6) is 11.5 Å². The fourth-order valence-corrected chi connectivity index (χ4v) is 4.38. The maximum Gasteiger partial charge on any atom is 0.415 e. The van der Waals surface area contributed by atoms with Crippen LogP contribution in [0.3, 0.4) is 0 Å². The Morgan fingerprint density at radius 2 is 2.00 bits per heavy atom. The number of halogens is 2. The minimum absolute atomic E-state index is 0.00474. The molecule has 2 aromatic carbocycles. The molecule has 11 heteroatoms. The summed E-state index contributed by atoms with van der Waals surface area (Å²) in [5, 5.41) is 12.8. The number of aryl methyl sites for hydroxylation is 1. The molecule has 198 valence electrons. The minimum Gasteiger partial charge on any atom is -0.493 e. The van der Waals surface area contributed by atoms with Gasteiger partial charge in [0.2, 0.25) is 0 Å². The number of aliphatic hydroxyl groups excluding tert-OH is 1. The Kier molecular flexibility index (Phi) is 7.74. The van der Waals surface area contributed by atoms with E-state index in [-0.39, 0.29) is 23.9 Å². The number of fused-ring (bicyclic) bond motifs is 1. The van der Waals surface area contributed by atoms with Crippen LogP contribution in [0.1, 0.15) is 23.9 Å². The van der Waals surface area contributed by atoms with Crippen molar-refractivity contribution in [3.8, 4) is 11.5 Å². The number of rotatable bonds is 7. The quantitative estimate of drug-likeness (QED) is 0.491. The molecule has 1 fully saturated rings. The molecule has 2 heterocycles. The first kappa shape index (κ1) is 26.5. The van der Waals surface area contributed by atoms with Crippen molar-refractivity contribution >= 4 is 22.8 Å². The summed E-state index contributed by atoms with van der Waals surface area (Å²) in [6.07, 6.45) is -0.470. The van der Waals surface area contributed by atoms with Crippen LogP contribution < -0.4 is 14.8 Å². The number of nitrogens with zero attached hydrogens (tertiary/aromatic N) is 4. The Bertz CT molecular complexity index is 1290. The molecule has 2 N–H and O–H groups in total. The summed E-state index contributed by atoms with van der Waals surface area (Å²) in [5.41, 5.74) is 0.884. The number of hydrogen-bond acceptors (Lipinski definition) is 8. The molecule has 4 rings (SSSR count). The summed E-state index contributed by atoms with van der Waals surface area (Å²) in [6, 6.07) is 9.15. The van der Waals surface area contributed by atoms with Crippen molar-refractivity contribution in [1.29, 1.82) is 0 Å². The van der Waals surface area contributed by atoms with Gasteiger partial charge in [-0.05, 0) is 38.6 Å². The summed E-state index contributed by atoms with van der Waals surface area (Å²) in [6.45, 7) is 4.69. The van der Waals surface area contributed by atoms with Gasteiger partial charge in [0.1, 0.15) is 18.2 Å². The van der Waals surface area contributed by atoms with Crippen LogP contribution in [0.25, 0.3) is 10.9 Å². The van der Waals surface area contributed by atoms with Gasteiger partial charge in [0, 0.05) is 49.2 Å². The fourth-order valence-electron chi connectivity index (χ4n) is 4.38. The summed E-state index contributed by atoms with van der Waals surface area (Å²) >= 11 is 0. The molecule has 0 aliphatic carbocycles. The number of aromatic nitrogens is 2. The van der Waals surface area contributed by atoms with Crippen LogP contribution in [0.15, 0.2) is 36.4 Å². The molecule has 0 spiro atoms. The van der Waals surface area contributed by atoms with Crippen LogP contribution in [0.2, 0.25) is 0 Å². The Hall–Kier alpha value is -3.57. The van der Waals surface area contributed by atoms with Crippen LogP contribution in [-0.2, 0) is 12.5 Å². The first-order valence-corrected chi connectivity index (χ1v) is 12.0. The molecule has 1 aromatic heterocycles. The third kappa shape index (κ3) is 5.89. The predicted octanol–water partition coefficient (Wildman–Crippen LogP) is 3.78. The molecule has 9 nitrogen and oxygen atoms in total. The number of nitrogens with one attached hydrogen (secondary N) is 1. The largest absolute Gasteiger partial charge is 0.493 e. The van der Waals surface area contributed by atoms with Gasteiger partial charge >= 0.3 is 6.09 Å². The van der Waals surface area contributed by atoms with E-state index in [1.807, 2.05) is 14.0 Å².